The van der Waals surface area contributed by atoms with Crippen LogP contribution in [-0.4, -0.2) is 22.4 Å². The van der Waals surface area contributed by atoms with Gasteiger partial charge in [0.05, 0.1) is 11.7 Å². The fourth-order valence-electron chi connectivity index (χ4n) is 3.20. The highest BCUT2D eigenvalue weighted by Crippen LogP contribution is 2.27. The molecule has 1 rings (SSSR count). The van der Waals surface area contributed by atoms with Gasteiger partial charge in [-0.2, -0.15) is 0 Å². The maximum absolute atomic E-state index is 10.7. The number of hydrogen-bond acceptors (Lipinski definition) is 3. The summed E-state index contributed by atoms with van der Waals surface area (Å²) in [6, 6.07) is 6.24. The number of hydrogen-bond donors (Lipinski definition) is 3. The van der Waals surface area contributed by atoms with E-state index in [4.69, 9.17) is 5.73 Å². The summed E-state index contributed by atoms with van der Waals surface area (Å²) in [5.74, 6) is 0. The van der Waals surface area contributed by atoms with Gasteiger partial charge >= 0.3 is 0 Å². The molecule has 22 heavy (non-hydrogen) atoms. The van der Waals surface area contributed by atoms with Gasteiger partial charge in [-0.25, -0.2) is 0 Å². The average Bonchev–Trinajstić information content (AvgIpc) is 2.47. The number of benzene rings is 1. The maximum Gasteiger partial charge on any atom is 0.0804 e. The van der Waals surface area contributed by atoms with Crippen molar-refractivity contribution in [2.45, 2.75) is 77.4 Å². The summed E-state index contributed by atoms with van der Waals surface area (Å²) < 4.78 is 0. The molecule has 0 heterocycles. The van der Waals surface area contributed by atoms with Crippen LogP contribution in [0.4, 0.5) is 0 Å². The van der Waals surface area contributed by atoms with Gasteiger partial charge in [-0.15, -0.1) is 0 Å². The second-order valence-corrected chi connectivity index (χ2v) is 6.51. The van der Waals surface area contributed by atoms with Crippen molar-refractivity contribution in [2.75, 3.05) is 6.54 Å². The maximum atomic E-state index is 10.7. The van der Waals surface area contributed by atoms with Crippen molar-refractivity contribution >= 4 is 0 Å². The minimum absolute atomic E-state index is 0.484. The highest BCUT2D eigenvalue weighted by Gasteiger charge is 2.24. The van der Waals surface area contributed by atoms with Crippen molar-refractivity contribution in [2.24, 2.45) is 5.73 Å². The van der Waals surface area contributed by atoms with Crippen molar-refractivity contribution < 1.29 is 10.2 Å². The van der Waals surface area contributed by atoms with Gasteiger partial charge in [0.2, 0.25) is 0 Å². The molecule has 3 nitrogen and oxygen atoms in total. The van der Waals surface area contributed by atoms with Gasteiger partial charge in [0.15, 0.2) is 0 Å². The minimum atomic E-state index is -0.551. The molecule has 1 unspecified atom stereocenters. The summed E-state index contributed by atoms with van der Waals surface area (Å²) >= 11 is 0. The van der Waals surface area contributed by atoms with Crippen molar-refractivity contribution in [1.29, 1.82) is 0 Å². The Kier molecular flexibility index (Phi) is 8.08. The molecule has 0 radical (unpaired) electrons. The molecule has 0 saturated carbocycles. The molecule has 1 atom stereocenters. The van der Waals surface area contributed by atoms with E-state index >= 15 is 0 Å². The van der Waals surface area contributed by atoms with Crippen molar-refractivity contribution in [3.05, 3.63) is 34.9 Å². The van der Waals surface area contributed by atoms with Crippen LogP contribution in [0, 0.1) is 6.92 Å². The first-order chi connectivity index (χ1) is 10.5. The Morgan fingerprint density at radius 2 is 1.77 bits per heavy atom. The standard InChI is InChI=1S/C19H33NO2/c1-4-10-19(22,11-5-2)12-8-16-7-6-15(3)17(14-16)18(21)9-13-20/h6-7,14,18,21-22H,4-5,8-13,20H2,1-3H3. The summed E-state index contributed by atoms with van der Waals surface area (Å²) in [6.07, 6.45) is 5.44. The summed E-state index contributed by atoms with van der Waals surface area (Å²) in [5.41, 5.74) is 8.24. The molecule has 4 N–H and O–H groups in total. The van der Waals surface area contributed by atoms with Crippen LogP contribution in [0.25, 0.3) is 0 Å². The second-order valence-electron chi connectivity index (χ2n) is 6.51. The van der Waals surface area contributed by atoms with Crippen LogP contribution < -0.4 is 5.73 Å². The van der Waals surface area contributed by atoms with Gasteiger partial charge < -0.3 is 15.9 Å². The summed E-state index contributed by atoms with van der Waals surface area (Å²) in [4.78, 5) is 0. The molecule has 0 aliphatic heterocycles. The molecule has 0 aromatic heterocycles. The number of nitrogens with two attached hydrogens (primary N) is 1. The van der Waals surface area contributed by atoms with Crippen LogP contribution in [0.3, 0.4) is 0 Å². The Bertz CT molecular complexity index is 439. The number of aliphatic hydroxyl groups excluding tert-OH is 1. The largest absolute Gasteiger partial charge is 0.390 e. The summed E-state index contributed by atoms with van der Waals surface area (Å²) in [6.45, 7) is 6.74. The SMILES string of the molecule is CCCC(O)(CCC)CCc1ccc(C)c(C(O)CCN)c1. The molecular formula is C19H33NO2. The Morgan fingerprint density at radius 1 is 1.14 bits per heavy atom. The van der Waals surface area contributed by atoms with Gasteiger partial charge in [0, 0.05) is 0 Å². The monoisotopic (exact) mass is 307 g/mol. The zero-order chi connectivity index (χ0) is 16.6. The molecule has 126 valence electrons. The fourth-order valence-corrected chi connectivity index (χ4v) is 3.20. The molecule has 0 amide bonds. The molecule has 0 spiro atoms. The lowest BCUT2D eigenvalue weighted by molar-refractivity contribution is 0.0132. The van der Waals surface area contributed by atoms with E-state index in [-0.39, 0.29) is 0 Å². The highest BCUT2D eigenvalue weighted by molar-refractivity contribution is 5.33. The lowest BCUT2D eigenvalue weighted by Crippen LogP contribution is -2.29. The average molecular weight is 307 g/mol. The molecule has 0 aliphatic carbocycles. The van der Waals surface area contributed by atoms with E-state index in [1.165, 1.54) is 5.56 Å². The van der Waals surface area contributed by atoms with Gasteiger partial charge in [-0.3, -0.25) is 0 Å². The van der Waals surface area contributed by atoms with Gasteiger partial charge in [0.1, 0.15) is 0 Å². The first kappa shape index (κ1) is 19.1. The Morgan fingerprint density at radius 3 is 2.32 bits per heavy atom. The summed E-state index contributed by atoms with van der Waals surface area (Å²) in [7, 11) is 0. The lowest BCUT2D eigenvalue weighted by atomic mass is 9.86. The van der Waals surface area contributed by atoms with Crippen molar-refractivity contribution in [3.8, 4) is 0 Å². The quantitative estimate of drug-likeness (QED) is 0.618. The van der Waals surface area contributed by atoms with E-state index < -0.39 is 11.7 Å². The lowest BCUT2D eigenvalue weighted by Gasteiger charge is -2.27. The fraction of sp³-hybridized carbons (Fsp3) is 0.684. The smallest absolute Gasteiger partial charge is 0.0804 e. The molecule has 1 aromatic rings. The van der Waals surface area contributed by atoms with Gasteiger partial charge in [-0.05, 0) is 62.3 Å². The van der Waals surface area contributed by atoms with Crippen LogP contribution >= 0.6 is 0 Å². The van der Waals surface area contributed by atoms with Crippen LogP contribution in [0.2, 0.25) is 0 Å². The van der Waals surface area contributed by atoms with E-state index in [1.807, 2.05) is 6.92 Å². The zero-order valence-electron chi connectivity index (χ0n) is 14.4. The van der Waals surface area contributed by atoms with E-state index in [1.54, 1.807) is 0 Å². The third kappa shape index (κ3) is 5.71. The van der Waals surface area contributed by atoms with Crippen LogP contribution in [0.5, 0.6) is 0 Å². The predicted octanol–water partition coefficient (Wildman–Crippen LogP) is 3.64. The molecule has 0 saturated heterocycles. The Labute approximate surface area is 135 Å². The second kappa shape index (κ2) is 9.29. The molecule has 0 aliphatic rings. The zero-order valence-corrected chi connectivity index (χ0v) is 14.4. The number of rotatable bonds is 10. The molecule has 3 heteroatoms. The topological polar surface area (TPSA) is 66.5 Å². The van der Waals surface area contributed by atoms with Crippen LogP contribution in [-0.2, 0) is 6.42 Å². The molecule has 0 fully saturated rings. The van der Waals surface area contributed by atoms with E-state index in [0.29, 0.717) is 13.0 Å². The van der Waals surface area contributed by atoms with Gasteiger partial charge in [-0.1, -0.05) is 44.9 Å². The van der Waals surface area contributed by atoms with Crippen molar-refractivity contribution in [1.82, 2.24) is 0 Å². The third-order valence-electron chi connectivity index (χ3n) is 4.45. The third-order valence-corrected chi connectivity index (χ3v) is 4.45. The van der Waals surface area contributed by atoms with Gasteiger partial charge in [0.25, 0.3) is 0 Å². The van der Waals surface area contributed by atoms with Crippen LogP contribution in [0.1, 0.15) is 75.2 Å². The van der Waals surface area contributed by atoms with E-state index in [2.05, 4.69) is 32.0 Å². The Hall–Kier alpha value is -0.900. The summed E-state index contributed by atoms with van der Waals surface area (Å²) in [5, 5.41) is 20.9. The Balaban J connectivity index is 2.79. The number of aliphatic hydroxyl groups is 2. The highest BCUT2D eigenvalue weighted by atomic mass is 16.3. The number of aryl methyl sites for hydroxylation is 2. The molecule has 1 aromatic carbocycles. The van der Waals surface area contributed by atoms with E-state index in [9.17, 15) is 10.2 Å². The van der Waals surface area contributed by atoms with E-state index in [0.717, 1.165) is 49.7 Å². The minimum Gasteiger partial charge on any atom is -0.390 e. The predicted molar refractivity (Wildman–Crippen MR) is 92.9 cm³/mol. The first-order valence-electron chi connectivity index (χ1n) is 8.65. The van der Waals surface area contributed by atoms with Crippen molar-refractivity contribution in [3.63, 3.8) is 0 Å². The van der Waals surface area contributed by atoms with Crippen LogP contribution in [0.15, 0.2) is 18.2 Å². The molecule has 0 bridgehead atoms. The first-order valence-corrected chi connectivity index (χ1v) is 8.65. The molecular weight excluding hydrogens is 274 g/mol. The normalized spacial score (nSPS) is 13.4.